The van der Waals surface area contributed by atoms with Crippen LogP contribution in [0.25, 0.3) is 0 Å². The lowest BCUT2D eigenvalue weighted by Gasteiger charge is -2.07. The highest BCUT2D eigenvalue weighted by molar-refractivity contribution is 6.04. The van der Waals surface area contributed by atoms with Gasteiger partial charge in [0.15, 0.2) is 6.61 Å². The number of rotatable bonds is 0. The third kappa shape index (κ3) is 1.05. The van der Waals surface area contributed by atoms with E-state index in [4.69, 9.17) is 4.74 Å². The first-order chi connectivity index (χ1) is 6.11. The number of carbonyl (C=O) groups is 1. The summed E-state index contributed by atoms with van der Waals surface area (Å²) in [6.45, 7) is 6.18. The van der Waals surface area contributed by atoms with E-state index in [1.807, 2.05) is 20.8 Å². The van der Waals surface area contributed by atoms with Crippen molar-refractivity contribution in [1.29, 1.82) is 0 Å². The first kappa shape index (κ1) is 8.30. The van der Waals surface area contributed by atoms with Gasteiger partial charge in [-0.25, -0.2) is 0 Å². The van der Waals surface area contributed by atoms with Crippen molar-refractivity contribution in [3.8, 4) is 5.75 Å². The maximum Gasteiger partial charge on any atom is 0.204 e. The zero-order valence-electron chi connectivity index (χ0n) is 8.10. The molecule has 0 saturated carbocycles. The molecule has 1 heterocycles. The molecule has 1 aliphatic heterocycles. The third-order valence-corrected chi connectivity index (χ3v) is 2.61. The fraction of sp³-hybridized carbons (Fsp3) is 0.364. The van der Waals surface area contributed by atoms with Gasteiger partial charge in [-0.05, 0) is 37.5 Å². The van der Waals surface area contributed by atoms with Gasteiger partial charge in [0.05, 0.1) is 5.56 Å². The van der Waals surface area contributed by atoms with E-state index in [1.54, 1.807) is 0 Å². The number of hydrogen-bond acceptors (Lipinski definition) is 2. The molecule has 13 heavy (non-hydrogen) atoms. The molecule has 2 heteroatoms. The Labute approximate surface area is 77.5 Å². The van der Waals surface area contributed by atoms with Crippen molar-refractivity contribution in [3.63, 3.8) is 0 Å². The van der Waals surface area contributed by atoms with E-state index < -0.39 is 0 Å². The van der Waals surface area contributed by atoms with Crippen LogP contribution in [-0.2, 0) is 0 Å². The Bertz CT molecular complexity index is 392. The van der Waals surface area contributed by atoms with Crippen molar-refractivity contribution >= 4 is 5.78 Å². The highest BCUT2D eigenvalue weighted by Crippen LogP contribution is 2.33. The average Bonchev–Trinajstić information content (AvgIpc) is 2.44. The van der Waals surface area contributed by atoms with Gasteiger partial charge in [-0.15, -0.1) is 0 Å². The SMILES string of the molecule is Cc1cc(C)c2c(c1C)C(=O)CO2. The van der Waals surface area contributed by atoms with E-state index in [1.165, 1.54) is 0 Å². The second-order valence-electron chi connectivity index (χ2n) is 3.55. The predicted molar refractivity (Wildman–Crippen MR) is 50.5 cm³/mol. The second kappa shape index (κ2) is 2.59. The fourth-order valence-electron chi connectivity index (χ4n) is 1.79. The summed E-state index contributed by atoms with van der Waals surface area (Å²) in [6.07, 6.45) is 0. The Morgan fingerprint density at radius 2 is 1.92 bits per heavy atom. The van der Waals surface area contributed by atoms with Crippen LogP contribution >= 0.6 is 0 Å². The van der Waals surface area contributed by atoms with E-state index >= 15 is 0 Å². The van der Waals surface area contributed by atoms with Crippen LogP contribution in [-0.4, -0.2) is 12.4 Å². The van der Waals surface area contributed by atoms with Crippen LogP contribution in [0, 0.1) is 20.8 Å². The highest BCUT2D eigenvalue weighted by Gasteiger charge is 2.25. The standard InChI is InChI=1S/C11H12O2/c1-6-4-7(2)11-10(8(6)3)9(12)5-13-11/h4H,5H2,1-3H3. The minimum Gasteiger partial charge on any atom is -0.484 e. The van der Waals surface area contributed by atoms with Gasteiger partial charge >= 0.3 is 0 Å². The normalized spacial score (nSPS) is 14.2. The summed E-state index contributed by atoms with van der Waals surface area (Å²) in [5.74, 6) is 0.896. The van der Waals surface area contributed by atoms with E-state index in [2.05, 4.69) is 6.07 Å². The summed E-state index contributed by atoms with van der Waals surface area (Å²) < 4.78 is 5.33. The molecule has 0 atom stereocenters. The Morgan fingerprint density at radius 1 is 1.23 bits per heavy atom. The maximum atomic E-state index is 11.5. The Morgan fingerprint density at radius 3 is 2.62 bits per heavy atom. The number of Topliss-reactive ketones (excluding diaryl/α,β-unsaturated/α-hetero) is 1. The zero-order chi connectivity index (χ0) is 9.59. The van der Waals surface area contributed by atoms with Crippen LogP contribution in [0.5, 0.6) is 5.75 Å². The monoisotopic (exact) mass is 176 g/mol. The molecule has 2 nitrogen and oxygen atoms in total. The molecule has 0 aliphatic carbocycles. The predicted octanol–water partition coefficient (Wildman–Crippen LogP) is 2.19. The number of ether oxygens (including phenoxy) is 1. The number of hydrogen-bond donors (Lipinski definition) is 0. The molecule has 0 amide bonds. The molecule has 0 saturated heterocycles. The molecule has 68 valence electrons. The van der Waals surface area contributed by atoms with E-state index in [-0.39, 0.29) is 12.4 Å². The molecular formula is C11H12O2. The number of fused-ring (bicyclic) bond motifs is 1. The summed E-state index contributed by atoms with van der Waals surface area (Å²) in [4.78, 5) is 11.5. The van der Waals surface area contributed by atoms with Gasteiger partial charge in [0, 0.05) is 0 Å². The van der Waals surface area contributed by atoms with Gasteiger partial charge in [0.2, 0.25) is 5.78 Å². The second-order valence-corrected chi connectivity index (χ2v) is 3.55. The Kier molecular flexibility index (Phi) is 1.65. The Hall–Kier alpha value is -1.31. The van der Waals surface area contributed by atoms with Crippen molar-refractivity contribution in [2.75, 3.05) is 6.61 Å². The molecule has 0 unspecified atom stereocenters. The lowest BCUT2D eigenvalue weighted by Crippen LogP contribution is -2.01. The molecule has 2 rings (SSSR count). The van der Waals surface area contributed by atoms with Crippen LogP contribution in [0.2, 0.25) is 0 Å². The molecule has 0 N–H and O–H groups in total. The molecular weight excluding hydrogens is 164 g/mol. The van der Waals surface area contributed by atoms with E-state index in [0.717, 1.165) is 28.0 Å². The van der Waals surface area contributed by atoms with Gasteiger partial charge < -0.3 is 4.74 Å². The minimum atomic E-state index is 0.110. The third-order valence-electron chi connectivity index (χ3n) is 2.61. The summed E-state index contributed by atoms with van der Waals surface area (Å²) >= 11 is 0. The minimum absolute atomic E-state index is 0.110. The summed E-state index contributed by atoms with van der Waals surface area (Å²) in [6, 6.07) is 2.06. The smallest absolute Gasteiger partial charge is 0.204 e. The van der Waals surface area contributed by atoms with Gasteiger partial charge in [-0.1, -0.05) is 6.07 Å². The van der Waals surface area contributed by atoms with Crippen LogP contribution in [0.3, 0.4) is 0 Å². The molecule has 1 aliphatic rings. The van der Waals surface area contributed by atoms with Gasteiger partial charge in [0.25, 0.3) is 0 Å². The quantitative estimate of drug-likeness (QED) is 0.605. The molecule has 1 aromatic carbocycles. The van der Waals surface area contributed by atoms with Crippen molar-refractivity contribution in [3.05, 3.63) is 28.3 Å². The van der Waals surface area contributed by atoms with Crippen LogP contribution < -0.4 is 4.74 Å². The largest absolute Gasteiger partial charge is 0.484 e. The number of carbonyl (C=O) groups excluding carboxylic acids is 1. The number of aryl methyl sites for hydroxylation is 2. The van der Waals surface area contributed by atoms with Crippen molar-refractivity contribution in [1.82, 2.24) is 0 Å². The van der Waals surface area contributed by atoms with E-state index in [9.17, 15) is 4.79 Å². The highest BCUT2D eigenvalue weighted by atomic mass is 16.5. The molecule has 0 aromatic heterocycles. The molecule has 0 spiro atoms. The zero-order valence-corrected chi connectivity index (χ0v) is 8.10. The molecule has 0 fully saturated rings. The Balaban J connectivity index is 2.77. The lowest BCUT2D eigenvalue weighted by molar-refractivity contribution is 0.0960. The first-order valence-electron chi connectivity index (χ1n) is 4.38. The molecule has 1 aromatic rings. The summed E-state index contributed by atoms with van der Waals surface area (Å²) in [5.41, 5.74) is 4.07. The summed E-state index contributed by atoms with van der Waals surface area (Å²) in [5, 5.41) is 0. The van der Waals surface area contributed by atoms with Crippen LogP contribution in [0.1, 0.15) is 27.0 Å². The fourth-order valence-corrected chi connectivity index (χ4v) is 1.79. The molecule has 0 bridgehead atoms. The van der Waals surface area contributed by atoms with Crippen molar-refractivity contribution in [2.45, 2.75) is 20.8 Å². The number of ketones is 1. The topological polar surface area (TPSA) is 26.3 Å². The maximum absolute atomic E-state index is 11.5. The van der Waals surface area contributed by atoms with E-state index in [0.29, 0.717) is 0 Å². The van der Waals surface area contributed by atoms with Gasteiger partial charge in [-0.2, -0.15) is 0 Å². The average molecular weight is 176 g/mol. The summed E-state index contributed by atoms with van der Waals surface area (Å²) in [7, 11) is 0. The van der Waals surface area contributed by atoms with Crippen molar-refractivity contribution in [2.24, 2.45) is 0 Å². The number of benzene rings is 1. The lowest BCUT2D eigenvalue weighted by atomic mass is 9.97. The van der Waals surface area contributed by atoms with Gasteiger partial charge in [0.1, 0.15) is 5.75 Å². The van der Waals surface area contributed by atoms with Gasteiger partial charge in [-0.3, -0.25) is 4.79 Å². The van der Waals surface area contributed by atoms with Crippen molar-refractivity contribution < 1.29 is 9.53 Å². The van der Waals surface area contributed by atoms with Crippen LogP contribution in [0.4, 0.5) is 0 Å². The molecule has 0 radical (unpaired) electrons. The van der Waals surface area contributed by atoms with Crippen LogP contribution in [0.15, 0.2) is 6.07 Å². The first-order valence-corrected chi connectivity index (χ1v) is 4.38.